The number of anilines is 3. The molecular weight excluding hydrogens is 492 g/mol. The maximum absolute atomic E-state index is 14.8. The lowest BCUT2D eigenvalue weighted by Gasteiger charge is -2.40. The van der Waals surface area contributed by atoms with Gasteiger partial charge in [-0.05, 0) is 61.2 Å². The van der Waals surface area contributed by atoms with Crippen LogP contribution in [-0.4, -0.2) is 47.5 Å². The fraction of sp³-hybridized carbons (Fsp3) is 0.276. The zero-order valence-electron chi connectivity index (χ0n) is 20.6. The number of benzene rings is 3. The fourth-order valence-corrected chi connectivity index (χ4v) is 5.33. The highest BCUT2D eigenvalue weighted by molar-refractivity contribution is 6.02. The van der Waals surface area contributed by atoms with Gasteiger partial charge in [-0.25, -0.2) is 13.6 Å². The number of nitrogens with zero attached hydrogens (tertiary/aromatic N) is 3. The van der Waals surface area contributed by atoms with Crippen molar-refractivity contribution in [1.29, 1.82) is 0 Å². The molecule has 196 valence electrons. The molecule has 0 aliphatic carbocycles. The van der Waals surface area contributed by atoms with Crippen molar-refractivity contribution in [3.05, 3.63) is 90.0 Å². The normalized spacial score (nSPS) is 16.2. The molecule has 0 spiro atoms. The third-order valence-electron chi connectivity index (χ3n) is 7.46. The molecule has 3 amide bonds. The van der Waals surface area contributed by atoms with Crippen molar-refractivity contribution in [2.24, 2.45) is 5.41 Å². The highest BCUT2D eigenvalue weighted by atomic mass is 19.1. The smallest absolute Gasteiger partial charge is 0.324 e. The van der Waals surface area contributed by atoms with Gasteiger partial charge < -0.3 is 10.0 Å². The lowest BCUT2D eigenvalue weighted by atomic mass is 9.75. The molecule has 0 unspecified atom stereocenters. The number of aliphatic carboxylic acids is 1. The van der Waals surface area contributed by atoms with E-state index in [0.29, 0.717) is 6.54 Å². The summed E-state index contributed by atoms with van der Waals surface area (Å²) in [4.78, 5) is 43.8. The van der Waals surface area contributed by atoms with E-state index < -0.39 is 35.3 Å². The Morgan fingerprint density at radius 1 is 0.895 bits per heavy atom. The van der Waals surface area contributed by atoms with Gasteiger partial charge in [0.05, 0.1) is 16.8 Å². The first-order valence-corrected chi connectivity index (χ1v) is 12.5. The first-order chi connectivity index (χ1) is 18.3. The zero-order chi connectivity index (χ0) is 26.9. The van der Waals surface area contributed by atoms with Crippen LogP contribution in [0.1, 0.15) is 24.8 Å². The predicted molar refractivity (Wildman–Crippen MR) is 138 cm³/mol. The summed E-state index contributed by atoms with van der Waals surface area (Å²) in [7, 11) is 0. The number of hydrogen-bond acceptors (Lipinski definition) is 3. The van der Waals surface area contributed by atoms with Gasteiger partial charge in [0, 0.05) is 31.7 Å². The van der Waals surface area contributed by atoms with Crippen LogP contribution in [0, 0.1) is 17.0 Å². The highest BCUT2D eigenvalue weighted by Crippen LogP contribution is 2.39. The molecule has 7 nitrogen and oxygen atoms in total. The number of carbonyl (C=O) groups excluding carboxylic acids is 2. The van der Waals surface area contributed by atoms with Crippen LogP contribution >= 0.6 is 0 Å². The molecule has 0 bridgehead atoms. The van der Waals surface area contributed by atoms with Crippen molar-refractivity contribution in [3.8, 4) is 0 Å². The Morgan fingerprint density at radius 3 is 2.32 bits per heavy atom. The van der Waals surface area contributed by atoms with Crippen LogP contribution in [0.4, 0.5) is 30.6 Å². The van der Waals surface area contributed by atoms with Crippen molar-refractivity contribution >= 4 is 35.0 Å². The maximum atomic E-state index is 14.8. The lowest BCUT2D eigenvalue weighted by molar-refractivity contribution is -0.154. The highest BCUT2D eigenvalue weighted by Gasteiger charge is 2.46. The quantitative estimate of drug-likeness (QED) is 0.492. The largest absolute Gasteiger partial charge is 0.481 e. The minimum Gasteiger partial charge on any atom is -0.481 e. The number of likely N-dealkylation sites (tertiary alicyclic amines) is 1. The van der Waals surface area contributed by atoms with E-state index in [1.165, 1.54) is 36.4 Å². The second-order valence-electron chi connectivity index (χ2n) is 9.72. The van der Waals surface area contributed by atoms with Crippen molar-refractivity contribution < 1.29 is 28.3 Å². The third-order valence-corrected chi connectivity index (χ3v) is 7.46. The van der Waals surface area contributed by atoms with Gasteiger partial charge >= 0.3 is 12.0 Å². The summed E-state index contributed by atoms with van der Waals surface area (Å²) in [5.41, 5.74) is 0.505. The SMILES string of the molecule is O=C(N1CCC(CC(=O)N(c2cccc(F)c2)c2ccccc2F)(C(=O)O)CC1)N1CCc2ccccc21. The molecular formula is C29H27F2N3O4. The van der Waals surface area contributed by atoms with E-state index in [2.05, 4.69) is 0 Å². The monoisotopic (exact) mass is 519 g/mol. The molecule has 38 heavy (non-hydrogen) atoms. The Kier molecular flexibility index (Phi) is 6.84. The summed E-state index contributed by atoms with van der Waals surface area (Å²) in [6, 6.07) is 18.3. The van der Waals surface area contributed by atoms with Gasteiger partial charge in [0.15, 0.2) is 0 Å². The summed E-state index contributed by atoms with van der Waals surface area (Å²) in [6.07, 6.45) is 0.449. The molecule has 0 atom stereocenters. The Morgan fingerprint density at radius 2 is 1.61 bits per heavy atom. The number of carboxylic acid groups (broad SMARTS) is 1. The Labute approximate surface area is 218 Å². The third kappa shape index (κ3) is 4.71. The van der Waals surface area contributed by atoms with Crippen LogP contribution in [0.15, 0.2) is 72.8 Å². The molecule has 5 rings (SSSR count). The average molecular weight is 520 g/mol. The maximum Gasteiger partial charge on any atom is 0.324 e. The van der Waals surface area contributed by atoms with E-state index in [0.717, 1.165) is 28.6 Å². The molecule has 0 saturated carbocycles. The molecule has 0 aromatic heterocycles. The minimum atomic E-state index is -1.45. The van der Waals surface area contributed by atoms with Crippen molar-refractivity contribution in [1.82, 2.24) is 4.90 Å². The minimum absolute atomic E-state index is 0.0591. The van der Waals surface area contributed by atoms with E-state index >= 15 is 0 Å². The number of piperidine rings is 1. The van der Waals surface area contributed by atoms with Gasteiger partial charge in [0.1, 0.15) is 11.6 Å². The Bertz CT molecular complexity index is 1390. The topological polar surface area (TPSA) is 81.2 Å². The summed E-state index contributed by atoms with van der Waals surface area (Å²) >= 11 is 0. The molecule has 1 N–H and O–H groups in total. The standard InChI is InChI=1S/C29H27F2N3O4/c30-21-7-5-8-22(18-21)34(25-11-4-2-9-23(25)31)26(35)19-29(27(36)37)13-16-32(17-14-29)28(38)33-15-12-20-6-1-3-10-24(20)33/h1-11,18H,12-17,19H2,(H,36,37). The first-order valence-electron chi connectivity index (χ1n) is 12.5. The molecule has 2 aliphatic rings. The second kappa shape index (κ2) is 10.2. The number of halogens is 2. The van der Waals surface area contributed by atoms with Crippen LogP contribution in [0.3, 0.4) is 0 Å². The van der Waals surface area contributed by atoms with Gasteiger partial charge in [-0.2, -0.15) is 0 Å². The molecule has 9 heteroatoms. The van der Waals surface area contributed by atoms with E-state index in [1.54, 1.807) is 15.9 Å². The molecule has 2 heterocycles. The van der Waals surface area contributed by atoms with Crippen LogP contribution in [0.25, 0.3) is 0 Å². The lowest BCUT2D eigenvalue weighted by Crippen LogP contribution is -2.51. The van der Waals surface area contributed by atoms with Crippen LogP contribution < -0.4 is 9.80 Å². The van der Waals surface area contributed by atoms with Gasteiger partial charge in [0.2, 0.25) is 5.91 Å². The summed E-state index contributed by atoms with van der Waals surface area (Å²) in [5, 5.41) is 10.2. The molecule has 3 aromatic rings. The van der Waals surface area contributed by atoms with E-state index in [-0.39, 0.29) is 43.3 Å². The number of rotatable bonds is 5. The van der Waals surface area contributed by atoms with Gasteiger partial charge in [-0.15, -0.1) is 0 Å². The zero-order valence-corrected chi connectivity index (χ0v) is 20.6. The average Bonchev–Trinajstić information content (AvgIpc) is 3.34. The van der Waals surface area contributed by atoms with Crippen molar-refractivity contribution in [2.45, 2.75) is 25.7 Å². The van der Waals surface area contributed by atoms with Gasteiger partial charge in [-0.3, -0.25) is 19.4 Å². The first kappa shape index (κ1) is 25.4. The van der Waals surface area contributed by atoms with E-state index in [4.69, 9.17) is 0 Å². The van der Waals surface area contributed by atoms with Crippen LogP contribution in [0.5, 0.6) is 0 Å². The molecule has 2 aliphatic heterocycles. The summed E-state index contributed by atoms with van der Waals surface area (Å²) in [5.74, 6) is -3.13. The molecule has 3 aromatic carbocycles. The number of fused-ring (bicyclic) bond motifs is 1. The van der Waals surface area contributed by atoms with Gasteiger partial charge in [0.25, 0.3) is 0 Å². The number of urea groups is 1. The van der Waals surface area contributed by atoms with Crippen molar-refractivity contribution in [2.75, 3.05) is 29.4 Å². The fourth-order valence-electron chi connectivity index (χ4n) is 5.33. The molecule has 0 radical (unpaired) electrons. The summed E-state index contributed by atoms with van der Waals surface area (Å²) < 4.78 is 28.8. The molecule has 1 saturated heterocycles. The van der Waals surface area contributed by atoms with Crippen molar-refractivity contribution in [3.63, 3.8) is 0 Å². The van der Waals surface area contributed by atoms with E-state index in [9.17, 15) is 28.3 Å². The summed E-state index contributed by atoms with van der Waals surface area (Å²) in [6.45, 7) is 0.885. The number of para-hydroxylation sites is 2. The predicted octanol–water partition coefficient (Wildman–Crippen LogP) is 5.37. The van der Waals surface area contributed by atoms with Crippen LogP contribution in [0.2, 0.25) is 0 Å². The number of amides is 3. The second-order valence-corrected chi connectivity index (χ2v) is 9.72. The molecule has 1 fully saturated rings. The van der Waals surface area contributed by atoms with E-state index in [1.807, 2.05) is 24.3 Å². The van der Waals surface area contributed by atoms with Gasteiger partial charge in [-0.1, -0.05) is 36.4 Å². The number of hydrogen-bond donors (Lipinski definition) is 1. The van der Waals surface area contributed by atoms with Crippen LogP contribution in [-0.2, 0) is 16.0 Å². The number of carbonyl (C=O) groups is 3. The Hall–Kier alpha value is -4.27. The number of carboxylic acids is 1. The Balaban J connectivity index is 1.36.